The third-order valence-corrected chi connectivity index (χ3v) is 4.76. The zero-order chi connectivity index (χ0) is 21.4. The van der Waals surface area contributed by atoms with Gasteiger partial charge in [0.05, 0.1) is 43.8 Å². The van der Waals surface area contributed by atoms with Gasteiger partial charge < -0.3 is 25.3 Å². The molecule has 0 aromatic heterocycles. The van der Waals surface area contributed by atoms with Crippen molar-refractivity contribution in [2.45, 2.75) is 20.3 Å². The molecule has 0 radical (unpaired) electrons. The molecule has 1 atom stereocenters. The van der Waals surface area contributed by atoms with E-state index in [9.17, 15) is 9.59 Å². The molecule has 1 aliphatic heterocycles. The zero-order valence-electron chi connectivity index (χ0n) is 16.9. The summed E-state index contributed by atoms with van der Waals surface area (Å²) in [5.41, 5.74) is 8.04. The van der Waals surface area contributed by atoms with E-state index >= 15 is 0 Å². The zero-order valence-corrected chi connectivity index (χ0v) is 17.7. The highest BCUT2D eigenvalue weighted by Gasteiger charge is 2.39. The van der Waals surface area contributed by atoms with Crippen molar-refractivity contribution in [2.75, 3.05) is 33.5 Å². The fourth-order valence-electron chi connectivity index (χ4n) is 3.32. The minimum Gasteiger partial charge on any atom is -0.466 e. The first-order valence-electron chi connectivity index (χ1n) is 9.40. The number of nitrogens with two attached hydrogens (primary N) is 1. The molecule has 1 aliphatic carbocycles. The van der Waals surface area contributed by atoms with Gasteiger partial charge in [-0.3, -0.25) is 0 Å². The number of allylic oxidation sites excluding steroid dienone is 7. The van der Waals surface area contributed by atoms with Gasteiger partial charge in [-0.1, -0.05) is 35.4 Å². The van der Waals surface area contributed by atoms with E-state index in [0.29, 0.717) is 47.1 Å². The van der Waals surface area contributed by atoms with Gasteiger partial charge >= 0.3 is 11.9 Å². The van der Waals surface area contributed by atoms with E-state index in [1.807, 2.05) is 18.2 Å². The highest BCUT2D eigenvalue weighted by Crippen LogP contribution is 2.40. The lowest BCUT2D eigenvalue weighted by Gasteiger charge is -2.32. The standard InChI is InChI=1S/C21H27ClN2O5/c1-4-29-21(26)19-16(12-28-10-9-23)24-13(2)17(20(25)27-3)18(19)14-7-5-6-8-15(22)11-14/h5-8,18,24H,4,9-12,23H2,1-3H3. The van der Waals surface area contributed by atoms with Crippen LogP contribution in [-0.4, -0.2) is 45.4 Å². The Kier molecular flexibility index (Phi) is 8.70. The van der Waals surface area contributed by atoms with Crippen LogP contribution in [0.1, 0.15) is 20.3 Å². The molecule has 1 unspecified atom stereocenters. The molecule has 29 heavy (non-hydrogen) atoms. The molecule has 7 nitrogen and oxygen atoms in total. The summed E-state index contributed by atoms with van der Waals surface area (Å²) in [5.74, 6) is -1.73. The summed E-state index contributed by atoms with van der Waals surface area (Å²) in [5, 5.41) is 3.72. The normalized spacial score (nSPS) is 19.3. The molecular weight excluding hydrogens is 396 g/mol. The van der Waals surface area contributed by atoms with Crippen LogP contribution in [0.5, 0.6) is 0 Å². The average molecular weight is 423 g/mol. The number of ether oxygens (including phenoxy) is 3. The molecule has 2 aliphatic rings. The Bertz CT molecular complexity index is 808. The van der Waals surface area contributed by atoms with E-state index in [1.54, 1.807) is 19.9 Å². The van der Waals surface area contributed by atoms with Crippen LogP contribution in [0.25, 0.3) is 0 Å². The van der Waals surface area contributed by atoms with Gasteiger partial charge in [0.15, 0.2) is 0 Å². The predicted molar refractivity (Wildman–Crippen MR) is 111 cm³/mol. The minimum absolute atomic E-state index is 0.125. The minimum atomic E-state index is -0.677. The highest BCUT2D eigenvalue weighted by atomic mass is 35.5. The van der Waals surface area contributed by atoms with Crippen LogP contribution in [-0.2, 0) is 23.8 Å². The maximum absolute atomic E-state index is 13.0. The van der Waals surface area contributed by atoms with Gasteiger partial charge in [0.1, 0.15) is 0 Å². The maximum Gasteiger partial charge on any atom is 0.336 e. The van der Waals surface area contributed by atoms with Gasteiger partial charge in [-0.2, -0.15) is 0 Å². The molecule has 0 bridgehead atoms. The molecule has 0 saturated heterocycles. The molecule has 0 aromatic rings. The molecule has 1 heterocycles. The lowest BCUT2D eigenvalue weighted by Crippen LogP contribution is -2.36. The molecule has 0 saturated carbocycles. The monoisotopic (exact) mass is 422 g/mol. The SMILES string of the molecule is CCOC(=O)C1=C(COCCN)NC(C)=C(C(=O)OC)C1C1=CC=CC=C(Cl)C1. The van der Waals surface area contributed by atoms with Crippen LogP contribution in [0.3, 0.4) is 0 Å². The van der Waals surface area contributed by atoms with Gasteiger partial charge in [-0.25, -0.2) is 9.59 Å². The Morgan fingerprint density at radius 1 is 1.24 bits per heavy atom. The number of nitrogens with one attached hydrogen (secondary N) is 1. The van der Waals surface area contributed by atoms with Crippen molar-refractivity contribution in [2.24, 2.45) is 11.7 Å². The second kappa shape index (κ2) is 11.0. The van der Waals surface area contributed by atoms with Crippen LogP contribution in [0.15, 0.2) is 57.4 Å². The van der Waals surface area contributed by atoms with Crippen LogP contribution in [0, 0.1) is 5.92 Å². The molecule has 2 rings (SSSR count). The maximum atomic E-state index is 13.0. The first-order valence-corrected chi connectivity index (χ1v) is 9.78. The third kappa shape index (κ3) is 5.59. The number of esters is 2. The topological polar surface area (TPSA) is 99.9 Å². The number of rotatable bonds is 8. The van der Waals surface area contributed by atoms with Crippen molar-refractivity contribution >= 4 is 23.5 Å². The number of dihydropyridines is 1. The first kappa shape index (κ1) is 22.9. The van der Waals surface area contributed by atoms with Crippen LogP contribution in [0.4, 0.5) is 0 Å². The van der Waals surface area contributed by atoms with Gasteiger partial charge in [-0.15, -0.1) is 0 Å². The molecule has 3 N–H and O–H groups in total. The van der Waals surface area contributed by atoms with Crippen LogP contribution in [0.2, 0.25) is 0 Å². The molecule has 8 heteroatoms. The second-order valence-electron chi connectivity index (χ2n) is 6.46. The second-order valence-corrected chi connectivity index (χ2v) is 6.94. The van der Waals surface area contributed by atoms with Gasteiger partial charge in [0, 0.05) is 29.6 Å². The van der Waals surface area contributed by atoms with E-state index in [-0.39, 0.29) is 13.2 Å². The van der Waals surface area contributed by atoms with Crippen LogP contribution < -0.4 is 11.1 Å². The summed E-state index contributed by atoms with van der Waals surface area (Å²) in [4.78, 5) is 25.6. The van der Waals surface area contributed by atoms with Gasteiger partial charge in [0.25, 0.3) is 0 Å². The Hall–Kier alpha value is -2.35. The van der Waals surface area contributed by atoms with E-state index < -0.39 is 17.9 Å². The molecule has 0 amide bonds. The summed E-state index contributed by atoms with van der Waals surface area (Å²) < 4.78 is 15.9. The van der Waals surface area contributed by atoms with E-state index in [0.717, 1.165) is 5.57 Å². The Morgan fingerprint density at radius 2 is 1.97 bits per heavy atom. The lowest BCUT2D eigenvalue weighted by atomic mass is 9.78. The van der Waals surface area contributed by atoms with Crippen LogP contribution >= 0.6 is 11.6 Å². The fraction of sp³-hybridized carbons (Fsp3) is 0.429. The Balaban J connectivity index is 2.63. The number of carbonyl (C=O) groups excluding carboxylic acids is 2. The van der Waals surface area contributed by atoms with Crippen molar-refractivity contribution in [1.29, 1.82) is 0 Å². The third-order valence-electron chi connectivity index (χ3n) is 4.50. The summed E-state index contributed by atoms with van der Waals surface area (Å²) in [6.45, 7) is 4.49. The summed E-state index contributed by atoms with van der Waals surface area (Å²) in [6.07, 6.45) is 7.65. The van der Waals surface area contributed by atoms with Crippen molar-refractivity contribution in [1.82, 2.24) is 5.32 Å². The largest absolute Gasteiger partial charge is 0.466 e. The molecule has 158 valence electrons. The Labute approximate surface area is 175 Å². The van der Waals surface area contributed by atoms with Gasteiger partial charge in [0.2, 0.25) is 0 Å². The van der Waals surface area contributed by atoms with Crippen molar-refractivity contribution in [3.05, 3.63) is 57.4 Å². The smallest absolute Gasteiger partial charge is 0.336 e. The van der Waals surface area contributed by atoms with Crippen molar-refractivity contribution in [3.8, 4) is 0 Å². The van der Waals surface area contributed by atoms with Gasteiger partial charge in [-0.05, 0) is 19.9 Å². The summed E-state index contributed by atoms with van der Waals surface area (Å²) >= 11 is 6.31. The van der Waals surface area contributed by atoms with E-state index in [2.05, 4.69) is 5.32 Å². The number of halogens is 1. The quantitative estimate of drug-likeness (QED) is 0.457. The summed E-state index contributed by atoms with van der Waals surface area (Å²) in [7, 11) is 1.31. The number of methoxy groups -OCH3 is 1. The summed E-state index contributed by atoms with van der Waals surface area (Å²) in [6, 6.07) is 0. The van der Waals surface area contributed by atoms with E-state index in [1.165, 1.54) is 7.11 Å². The highest BCUT2D eigenvalue weighted by molar-refractivity contribution is 6.30. The average Bonchev–Trinajstić information content (AvgIpc) is 2.91. The van der Waals surface area contributed by atoms with Crippen molar-refractivity contribution in [3.63, 3.8) is 0 Å². The molecular formula is C21H27ClN2O5. The molecule has 0 aromatic carbocycles. The Morgan fingerprint density at radius 3 is 2.62 bits per heavy atom. The number of hydrogen-bond acceptors (Lipinski definition) is 7. The van der Waals surface area contributed by atoms with Crippen molar-refractivity contribution < 1.29 is 23.8 Å². The molecule has 0 spiro atoms. The fourth-order valence-corrected chi connectivity index (χ4v) is 3.55. The molecule has 0 fully saturated rings. The first-order chi connectivity index (χ1) is 13.9. The lowest BCUT2D eigenvalue weighted by molar-refractivity contribution is -0.139. The number of hydrogen-bond donors (Lipinski definition) is 2. The van der Waals surface area contributed by atoms with E-state index in [4.69, 9.17) is 31.5 Å². The predicted octanol–water partition coefficient (Wildman–Crippen LogP) is 2.45. The number of carbonyl (C=O) groups is 2.